The van der Waals surface area contributed by atoms with E-state index in [1.54, 1.807) is 0 Å². The van der Waals surface area contributed by atoms with Crippen LogP contribution in [0.15, 0.2) is 23.4 Å². The van der Waals surface area contributed by atoms with Crippen LogP contribution in [0.25, 0.3) is 0 Å². The molecule has 0 saturated carbocycles. The Morgan fingerprint density at radius 2 is 1.77 bits per heavy atom. The molecule has 2 aromatic rings. The van der Waals surface area contributed by atoms with Crippen LogP contribution in [0.2, 0.25) is 0 Å². The zero-order valence-electron chi connectivity index (χ0n) is 16.1. The first-order chi connectivity index (χ1) is 12.4. The van der Waals surface area contributed by atoms with E-state index in [2.05, 4.69) is 33.5 Å². The van der Waals surface area contributed by atoms with Crippen molar-refractivity contribution in [3.63, 3.8) is 0 Å². The summed E-state index contributed by atoms with van der Waals surface area (Å²) in [6.45, 7) is 8.02. The fourth-order valence-electron chi connectivity index (χ4n) is 3.33. The second-order valence-electron chi connectivity index (χ2n) is 7.12. The van der Waals surface area contributed by atoms with Gasteiger partial charge in [0.25, 0.3) is 0 Å². The van der Waals surface area contributed by atoms with E-state index in [9.17, 15) is 4.79 Å². The molecule has 0 fully saturated rings. The van der Waals surface area contributed by atoms with E-state index in [1.807, 2.05) is 27.7 Å². The van der Waals surface area contributed by atoms with E-state index >= 15 is 0 Å². The molecule has 0 unspecified atom stereocenters. The van der Waals surface area contributed by atoms with E-state index in [4.69, 9.17) is 0 Å². The normalized spacial score (nSPS) is 14.6. The maximum Gasteiger partial charge on any atom is 0.230 e. The SMILES string of the molecule is Cc1nc(SCC(=O)N[C@H](C)c2ccc3c(c2)CCCC3)nc(C)c1C. The average Bonchev–Trinajstić information content (AvgIpc) is 2.63. The van der Waals surface area contributed by atoms with Gasteiger partial charge < -0.3 is 5.32 Å². The largest absolute Gasteiger partial charge is 0.349 e. The maximum atomic E-state index is 12.3. The molecule has 0 radical (unpaired) electrons. The van der Waals surface area contributed by atoms with Gasteiger partial charge in [-0.05, 0) is 75.6 Å². The van der Waals surface area contributed by atoms with Crippen molar-refractivity contribution in [1.82, 2.24) is 15.3 Å². The Kier molecular flexibility index (Phi) is 5.97. The molecule has 1 aliphatic carbocycles. The Labute approximate surface area is 160 Å². The van der Waals surface area contributed by atoms with E-state index in [1.165, 1.54) is 47.7 Å². The highest BCUT2D eigenvalue weighted by Crippen LogP contribution is 2.25. The van der Waals surface area contributed by atoms with Crippen molar-refractivity contribution in [2.75, 3.05) is 5.75 Å². The van der Waals surface area contributed by atoms with Crippen molar-refractivity contribution in [3.8, 4) is 0 Å². The summed E-state index contributed by atoms with van der Waals surface area (Å²) in [6.07, 6.45) is 4.89. The molecule has 1 amide bonds. The minimum absolute atomic E-state index is 0.0118. The minimum atomic E-state index is 0.0118. The molecule has 0 saturated heterocycles. The molecule has 1 aromatic carbocycles. The highest BCUT2D eigenvalue weighted by atomic mass is 32.2. The Morgan fingerprint density at radius 1 is 1.12 bits per heavy atom. The number of carbonyl (C=O) groups excluding carboxylic acids is 1. The van der Waals surface area contributed by atoms with Crippen LogP contribution < -0.4 is 5.32 Å². The molecular weight excluding hydrogens is 342 g/mol. The molecule has 1 atom stereocenters. The van der Waals surface area contributed by atoms with Crippen LogP contribution in [-0.2, 0) is 17.6 Å². The van der Waals surface area contributed by atoms with Gasteiger partial charge in [-0.15, -0.1) is 0 Å². The summed E-state index contributed by atoms with van der Waals surface area (Å²) in [5, 5.41) is 3.77. The van der Waals surface area contributed by atoms with Crippen LogP contribution in [0.5, 0.6) is 0 Å². The topological polar surface area (TPSA) is 54.9 Å². The Bertz CT molecular complexity index is 796. The summed E-state index contributed by atoms with van der Waals surface area (Å²) in [5.41, 5.74) is 7.16. The van der Waals surface area contributed by atoms with Crippen LogP contribution in [-0.4, -0.2) is 21.6 Å². The molecule has 0 spiro atoms. The molecule has 1 N–H and O–H groups in total. The average molecular weight is 370 g/mol. The predicted octanol–water partition coefficient (Wildman–Crippen LogP) is 4.25. The summed E-state index contributed by atoms with van der Waals surface area (Å²) in [6, 6.07) is 6.66. The molecule has 3 rings (SSSR count). The lowest BCUT2D eigenvalue weighted by atomic mass is 9.89. The van der Waals surface area contributed by atoms with Gasteiger partial charge in [-0.1, -0.05) is 30.0 Å². The van der Waals surface area contributed by atoms with Crippen molar-refractivity contribution >= 4 is 17.7 Å². The Balaban J connectivity index is 1.58. The molecule has 1 heterocycles. The number of rotatable bonds is 5. The number of nitrogens with zero attached hydrogens (tertiary/aromatic N) is 2. The van der Waals surface area contributed by atoms with Crippen LogP contribution >= 0.6 is 11.8 Å². The highest BCUT2D eigenvalue weighted by Gasteiger charge is 2.15. The van der Waals surface area contributed by atoms with Crippen LogP contribution in [0.4, 0.5) is 0 Å². The van der Waals surface area contributed by atoms with Crippen molar-refractivity contribution in [1.29, 1.82) is 0 Å². The van der Waals surface area contributed by atoms with Gasteiger partial charge >= 0.3 is 0 Å². The number of thioether (sulfide) groups is 1. The zero-order chi connectivity index (χ0) is 18.7. The molecule has 138 valence electrons. The van der Waals surface area contributed by atoms with Crippen molar-refractivity contribution in [3.05, 3.63) is 51.8 Å². The van der Waals surface area contributed by atoms with Crippen LogP contribution in [0.1, 0.15) is 59.4 Å². The second-order valence-corrected chi connectivity index (χ2v) is 8.06. The Morgan fingerprint density at radius 3 is 2.46 bits per heavy atom. The number of hydrogen-bond donors (Lipinski definition) is 1. The van der Waals surface area contributed by atoms with E-state index in [0.717, 1.165) is 23.4 Å². The fraction of sp³-hybridized carbons (Fsp3) is 0.476. The zero-order valence-corrected chi connectivity index (χ0v) is 16.9. The lowest BCUT2D eigenvalue weighted by molar-refractivity contribution is -0.119. The van der Waals surface area contributed by atoms with E-state index in [-0.39, 0.29) is 11.9 Å². The molecule has 5 heteroatoms. The Hall–Kier alpha value is -1.88. The van der Waals surface area contributed by atoms with Gasteiger partial charge in [0, 0.05) is 11.4 Å². The number of benzene rings is 1. The number of nitrogens with one attached hydrogen (secondary N) is 1. The van der Waals surface area contributed by atoms with Crippen LogP contribution in [0.3, 0.4) is 0 Å². The first-order valence-corrected chi connectivity index (χ1v) is 10.3. The number of fused-ring (bicyclic) bond motifs is 1. The van der Waals surface area contributed by atoms with Gasteiger partial charge in [-0.25, -0.2) is 9.97 Å². The highest BCUT2D eigenvalue weighted by molar-refractivity contribution is 7.99. The number of aryl methyl sites for hydroxylation is 4. The third-order valence-corrected chi connectivity index (χ3v) is 6.04. The number of amides is 1. The first-order valence-electron chi connectivity index (χ1n) is 9.29. The lowest BCUT2D eigenvalue weighted by Crippen LogP contribution is -2.28. The number of carbonyl (C=O) groups is 1. The van der Waals surface area contributed by atoms with Gasteiger partial charge in [0.1, 0.15) is 0 Å². The predicted molar refractivity (Wildman–Crippen MR) is 107 cm³/mol. The molecule has 26 heavy (non-hydrogen) atoms. The monoisotopic (exact) mass is 369 g/mol. The first kappa shape index (κ1) is 18.9. The molecular formula is C21H27N3OS. The standard InChI is InChI=1S/C21H27N3OS/c1-13-14(2)23-21(24-15(13)3)26-12-20(25)22-16(4)18-10-9-17-7-5-6-8-19(17)11-18/h9-11,16H,5-8,12H2,1-4H3,(H,22,25)/t16-/m1/s1. The second kappa shape index (κ2) is 8.21. The summed E-state index contributed by atoms with van der Waals surface area (Å²) in [4.78, 5) is 21.3. The molecule has 0 aliphatic heterocycles. The van der Waals surface area contributed by atoms with Gasteiger partial charge in [0.15, 0.2) is 5.16 Å². The third kappa shape index (κ3) is 4.44. The van der Waals surface area contributed by atoms with Crippen LogP contribution in [0, 0.1) is 20.8 Å². The number of aromatic nitrogens is 2. The van der Waals surface area contributed by atoms with Crippen molar-refractivity contribution < 1.29 is 4.79 Å². The number of hydrogen-bond acceptors (Lipinski definition) is 4. The quantitative estimate of drug-likeness (QED) is 0.632. The summed E-state index contributed by atoms with van der Waals surface area (Å²) in [7, 11) is 0. The summed E-state index contributed by atoms with van der Waals surface area (Å²) >= 11 is 1.39. The molecule has 0 bridgehead atoms. The van der Waals surface area contributed by atoms with Gasteiger partial charge in [0.05, 0.1) is 11.8 Å². The summed E-state index contributed by atoms with van der Waals surface area (Å²) in [5.74, 6) is 0.344. The maximum absolute atomic E-state index is 12.3. The van der Waals surface area contributed by atoms with Gasteiger partial charge in [-0.3, -0.25) is 4.79 Å². The fourth-order valence-corrected chi connectivity index (χ4v) is 4.07. The van der Waals surface area contributed by atoms with Crippen molar-refractivity contribution in [2.24, 2.45) is 0 Å². The lowest BCUT2D eigenvalue weighted by Gasteiger charge is -2.20. The third-order valence-electron chi connectivity index (χ3n) is 5.19. The van der Waals surface area contributed by atoms with E-state index < -0.39 is 0 Å². The molecule has 4 nitrogen and oxygen atoms in total. The van der Waals surface area contributed by atoms with Crippen molar-refractivity contribution in [2.45, 2.75) is 64.6 Å². The molecule has 1 aromatic heterocycles. The minimum Gasteiger partial charge on any atom is -0.349 e. The summed E-state index contributed by atoms with van der Waals surface area (Å²) < 4.78 is 0. The smallest absolute Gasteiger partial charge is 0.230 e. The van der Waals surface area contributed by atoms with Gasteiger partial charge in [-0.2, -0.15) is 0 Å². The van der Waals surface area contributed by atoms with E-state index in [0.29, 0.717) is 10.9 Å². The molecule has 1 aliphatic rings. The van der Waals surface area contributed by atoms with Gasteiger partial charge in [0.2, 0.25) is 5.91 Å².